The molecule has 0 bridgehead atoms. The Hall–Kier alpha value is -3.36. The van der Waals surface area contributed by atoms with Crippen molar-refractivity contribution in [2.24, 2.45) is 5.16 Å². The van der Waals surface area contributed by atoms with Crippen molar-refractivity contribution < 1.29 is 32.6 Å². The molecule has 2 aromatic rings. The number of carbonyl (C=O) groups excluding carboxylic acids is 1. The normalized spacial score (nSPS) is 10.8. The molecule has 0 radical (unpaired) electrons. The predicted octanol–water partition coefficient (Wildman–Crippen LogP) is 3.68. The number of nitrogens with one attached hydrogen (secondary N) is 1. The highest BCUT2D eigenvalue weighted by Crippen LogP contribution is 2.27. The second-order valence-corrected chi connectivity index (χ2v) is 5.27. The number of ether oxygens (including phenoxy) is 3. The summed E-state index contributed by atoms with van der Waals surface area (Å²) in [5.74, 6) is 0.425. The zero-order chi connectivity index (χ0) is 20.4. The van der Waals surface area contributed by atoms with Gasteiger partial charge in [-0.05, 0) is 37.3 Å². The summed E-state index contributed by atoms with van der Waals surface area (Å²) in [6.07, 6.45) is 1.40. The molecule has 9 heteroatoms. The van der Waals surface area contributed by atoms with E-state index in [0.29, 0.717) is 23.7 Å². The lowest BCUT2D eigenvalue weighted by Gasteiger charge is -2.11. The third-order valence-electron chi connectivity index (χ3n) is 3.34. The van der Waals surface area contributed by atoms with Gasteiger partial charge in [0.2, 0.25) is 0 Å². The smallest absolute Gasteiger partial charge is 0.387 e. The minimum atomic E-state index is -3.00. The van der Waals surface area contributed by atoms with E-state index in [9.17, 15) is 13.6 Å². The Kier molecular flexibility index (Phi) is 8.01. The van der Waals surface area contributed by atoms with Gasteiger partial charge in [0.25, 0.3) is 5.91 Å². The molecule has 0 aliphatic carbocycles. The Labute approximate surface area is 160 Å². The highest BCUT2D eigenvalue weighted by atomic mass is 19.3. The number of para-hydroxylation sites is 2. The van der Waals surface area contributed by atoms with Gasteiger partial charge in [-0.25, -0.2) is 0 Å². The van der Waals surface area contributed by atoms with Crippen LogP contribution in [0.1, 0.15) is 12.5 Å². The van der Waals surface area contributed by atoms with E-state index in [1.54, 1.807) is 24.3 Å². The molecule has 0 atom stereocenters. The Morgan fingerprint density at radius 3 is 2.68 bits per heavy atom. The number of methoxy groups -OCH3 is 1. The quantitative estimate of drug-likeness (QED) is 0.491. The van der Waals surface area contributed by atoms with E-state index in [-0.39, 0.29) is 11.4 Å². The number of oxime groups is 1. The number of carbonyl (C=O) groups is 1. The monoisotopic (exact) mass is 394 g/mol. The number of hydrogen-bond donors (Lipinski definition) is 1. The van der Waals surface area contributed by atoms with Crippen molar-refractivity contribution in [2.75, 3.05) is 25.6 Å². The molecule has 0 spiro atoms. The largest absolute Gasteiger partial charge is 0.493 e. The van der Waals surface area contributed by atoms with Crippen molar-refractivity contribution in [3.05, 3.63) is 48.0 Å². The Morgan fingerprint density at radius 2 is 1.96 bits per heavy atom. The molecule has 0 fully saturated rings. The van der Waals surface area contributed by atoms with Crippen molar-refractivity contribution in [1.82, 2.24) is 0 Å². The molecule has 150 valence electrons. The molecule has 2 aromatic carbocycles. The summed E-state index contributed by atoms with van der Waals surface area (Å²) >= 11 is 0. The van der Waals surface area contributed by atoms with Crippen LogP contribution in [0.2, 0.25) is 0 Å². The zero-order valence-corrected chi connectivity index (χ0v) is 15.4. The molecular weight excluding hydrogens is 374 g/mol. The predicted molar refractivity (Wildman–Crippen MR) is 99.4 cm³/mol. The van der Waals surface area contributed by atoms with Crippen LogP contribution >= 0.6 is 0 Å². The summed E-state index contributed by atoms with van der Waals surface area (Å²) in [6.45, 7) is -1.03. The molecule has 0 aliphatic heterocycles. The lowest BCUT2D eigenvalue weighted by Crippen LogP contribution is -2.18. The molecule has 7 nitrogen and oxygen atoms in total. The number of halogens is 2. The van der Waals surface area contributed by atoms with Gasteiger partial charge in [0.05, 0.1) is 25.6 Å². The Balaban J connectivity index is 1.89. The maximum atomic E-state index is 12.4. The minimum absolute atomic E-state index is 0.108. The number of alkyl halides is 2. The van der Waals surface area contributed by atoms with Gasteiger partial charge in [-0.15, -0.1) is 0 Å². The first kappa shape index (κ1) is 20.9. The standard InChI is InChI=1S/C19H20F2N2O5/c1-3-26-16-9-8-13(10-17(16)25-2)11-22-27-12-18(24)23-14-6-4-5-7-15(14)28-19(20)21/h4-11,19H,3,12H2,1-2H3,(H,23,24)/b22-11-. The van der Waals surface area contributed by atoms with E-state index < -0.39 is 19.1 Å². The number of hydrogen-bond acceptors (Lipinski definition) is 6. The lowest BCUT2D eigenvalue weighted by atomic mass is 10.2. The molecule has 0 saturated heterocycles. The molecule has 2 rings (SSSR count). The molecule has 0 heterocycles. The van der Waals surface area contributed by atoms with E-state index >= 15 is 0 Å². The topological polar surface area (TPSA) is 78.4 Å². The van der Waals surface area contributed by atoms with E-state index in [1.165, 1.54) is 31.5 Å². The molecular formula is C19H20F2N2O5. The van der Waals surface area contributed by atoms with Crippen LogP contribution in [0.4, 0.5) is 14.5 Å². The van der Waals surface area contributed by atoms with Gasteiger partial charge in [0.15, 0.2) is 18.1 Å². The summed E-state index contributed by atoms with van der Waals surface area (Å²) in [4.78, 5) is 16.8. The van der Waals surface area contributed by atoms with Gasteiger partial charge in [0.1, 0.15) is 5.75 Å². The number of anilines is 1. The van der Waals surface area contributed by atoms with Crippen LogP contribution in [0.3, 0.4) is 0 Å². The fraction of sp³-hybridized carbons (Fsp3) is 0.263. The van der Waals surface area contributed by atoms with Crippen LogP contribution in [0.5, 0.6) is 17.2 Å². The van der Waals surface area contributed by atoms with Gasteiger partial charge in [0, 0.05) is 5.56 Å². The van der Waals surface area contributed by atoms with E-state index in [0.717, 1.165) is 0 Å². The van der Waals surface area contributed by atoms with Gasteiger partial charge < -0.3 is 24.4 Å². The SMILES string of the molecule is CCOc1ccc(/C=N\OCC(=O)Nc2ccccc2OC(F)F)cc1OC. The molecule has 1 N–H and O–H groups in total. The summed E-state index contributed by atoms with van der Waals surface area (Å²) in [6, 6.07) is 11.0. The Bertz CT molecular complexity index is 815. The average Bonchev–Trinajstić information content (AvgIpc) is 2.67. The van der Waals surface area contributed by atoms with Gasteiger partial charge in [-0.1, -0.05) is 17.3 Å². The minimum Gasteiger partial charge on any atom is -0.493 e. The first-order valence-electron chi connectivity index (χ1n) is 8.33. The van der Waals surface area contributed by atoms with Crippen LogP contribution in [0, 0.1) is 0 Å². The van der Waals surface area contributed by atoms with E-state index in [1.807, 2.05) is 6.92 Å². The summed E-state index contributed by atoms with van der Waals surface area (Å²) in [5, 5.41) is 6.13. The van der Waals surface area contributed by atoms with Crippen molar-refractivity contribution in [1.29, 1.82) is 0 Å². The van der Waals surface area contributed by atoms with Crippen molar-refractivity contribution in [3.63, 3.8) is 0 Å². The molecule has 0 aromatic heterocycles. The number of benzene rings is 2. The van der Waals surface area contributed by atoms with E-state index in [2.05, 4.69) is 15.2 Å². The van der Waals surface area contributed by atoms with Crippen molar-refractivity contribution in [2.45, 2.75) is 13.5 Å². The molecule has 1 amide bonds. The highest BCUT2D eigenvalue weighted by molar-refractivity contribution is 5.93. The fourth-order valence-electron chi connectivity index (χ4n) is 2.19. The van der Waals surface area contributed by atoms with Gasteiger partial charge >= 0.3 is 6.61 Å². The number of amides is 1. The maximum absolute atomic E-state index is 12.4. The van der Waals surface area contributed by atoms with Crippen molar-refractivity contribution >= 4 is 17.8 Å². The average molecular weight is 394 g/mol. The van der Waals surface area contributed by atoms with Gasteiger partial charge in [-0.2, -0.15) is 8.78 Å². The maximum Gasteiger partial charge on any atom is 0.387 e. The fourth-order valence-corrected chi connectivity index (χ4v) is 2.19. The van der Waals surface area contributed by atoms with Crippen LogP contribution in [0.15, 0.2) is 47.6 Å². The van der Waals surface area contributed by atoms with Crippen LogP contribution < -0.4 is 19.5 Å². The number of rotatable bonds is 10. The summed E-state index contributed by atoms with van der Waals surface area (Å²) in [5.41, 5.74) is 0.785. The van der Waals surface area contributed by atoms with E-state index in [4.69, 9.17) is 14.3 Å². The third kappa shape index (κ3) is 6.42. The Morgan fingerprint density at radius 1 is 1.18 bits per heavy atom. The van der Waals surface area contributed by atoms with Crippen molar-refractivity contribution in [3.8, 4) is 17.2 Å². The second kappa shape index (κ2) is 10.7. The first-order valence-corrected chi connectivity index (χ1v) is 8.33. The summed E-state index contributed by atoms with van der Waals surface area (Å²) in [7, 11) is 1.52. The summed E-state index contributed by atoms with van der Waals surface area (Å²) < 4.78 is 39.7. The zero-order valence-electron chi connectivity index (χ0n) is 15.4. The molecule has 0 saturated carbocycles. The lowest BCUT2D eigenvalue weighted by molar-refractivity contribution is -0.120. The molecule has 0 unspecified atom stereocenters. The van der Waals surface area contributed by atoms with Crippen LogP contribution in [-0.4, -0.2) is 39.1 Å². The molecule has 28 heavy (non-hydrogen) atoms. The second-order valence-electron chi connectivity index (χ2n) is 5.27. The molecule has 0 aliphatic rings. The third-order valence-corrected chi connectivity index (χ3v) is 3.34. The first-order chi connectivity index (χ1) is 13.5. The van der Waals surface area contributed by atoms with Crippen LogP contribution in [0.25, 0.3) is 0 Å². The van der Waals surface area contributed by atoms with Crippen LogP contribution in [-0.2, 0) is 9.63 Å². The van der Waals surface area contributed by atoms with Gasteiger partial charge in [-0.3, -0.25) is 4.79 Å². The number of nitrogens with zero attached hydrogens (tertiary/aromatic N) is 1. The highest BCUT2D eigenvalue weighted by Gasteiger charge is 2.11.